The van der Waals surface area contributed by atoms with Gasteiger partial charge in [-0.2, -0.15) is 0 Å². The predicted octanol–water partition coefficient (Wildman–Crippen LogP) is 3.33. The Labute approximate surface area is 165 Å². The van der Waals surface area contributed by atoms with Gasteiger partial charge >= 0.3 is 0 Å². The second kappa shape index (κ2) is 8.96. The van der Waals surface area contributed by atoms with Crippen LogP contribution in [0.25, 0.3) is 0 Å². The molecule has 1 unspecified atom stereocenters. The van der Waals surface area contributed by atoms with E-state index >= 15 is 0 Å². The van der Waals surface area contributed by atoms with Crippen LogP contribution < -0.4 is 10.1 Å². The molecule has 27 heavy (non-hydrogen) atoms. The van der Waals surface area contributed by atoms with Crippen LogP contribution in [-0.2, 0) is 11.3 Å². The second-order valence-corrected chi connectivity index (χ2v) is 7.75. The number of aromatic nitrogens is 5. The number of rotatable bonds is 8. The van der Waals surface area contributed by atoms with Gasteiger partial charge in [-0.05, 0) is 32.9 Å². The summed E-state index contributed by atoms with van der Waals surface area (Å²) in [5.41, 5.74) is 0. The Morgan fingerprint density at radius 3 is 2.70 bits per heavy atom. The number of thioether (sulfide) groups is 1. The Morgan fingerprint density at radius 2 is 2.04 bits per heavy atom. The summed E-state index contributed by atoms with van der Waals surface area (Å²) in [7, 11) is 0. The first-order chi connectivity index (χ1) is 13.1. The highest BCUT2D eigenvalue weighted by Gasteiger charge is 2.19. The highest BCUT2D eigenvalue weighted by molar-refractivity contribution is 7.99. The number of aryl methyl sites for hydroxylation is 1. The molecule has 10 heteroatoms. The molecule has 3 aromatic rings. The van der Waals surface area contributed by atoms with Crippen molar-refractivity contribution in [2.24, 2.45) is 0 Å². The summed E-state index contributed by atoms with van der Waals surface area (Å²) in [5, 5.41) is 21.0. The molecule has 0 saturated carbocycles. The summed E-state index contributed by atoms with van der Waals surface area (Å²) in [6.45, 7) is 6.47. The van der Waals surface area contributed by atoms with Gasteiger partial charge in [-0.25, -0.2) is 0 Å². The van der Waals surface area contributed by atoms with Gasteiger partial charge in [-0.1, -0.05) is 41.3 Å². The minimum absolute atomic E-state index is 0.156. The summed E-state index contributed by atoms with van der Waals surface area (Å²) < 4.78 is 7.90. The van der Waals surface area contributed by atoms with Crippen molar-refractivity contribution in [3.05, 3.63) is 41.2 Å². The van der Waals surface area contributed by atoms with Crippen molar-refractivity contribution in [1.82, 2.24) is 25.0 Å². The van der Waals surface area contributed by atoms with Gasteiger partial charge in [-0.3, -0.25) is 10.1 Å². The van der Waals surface area contributed by atoms with Crippen molar-refractivity contribution in [3.63, 3.8) is 0 Å². The molecular weight excluding hydrogens is 384 g/mol. The number of anilines is 1. The third-order valence-corrected chi connectivity index (χ3v) is 5.31. The first-order valence-electron chi connectivity index (χ1n) is 8.44. The number of carbonyl (C=O) groups is 1. The summed E-state index contributed by atoms with van der Waals surface area (Å²) in [5.74, 6) is 1.56. The molecule has 1 N–H and O–H groups in total. The Kier molecular flexibility index (Phi) is 6.40. The van der Waals surface area contributed by atoms with Gasteiger partial charge in [0.2, 0.25) is 11.0 Å². The van der Waals surface area contributed by atoms with Gasteiger partial charge < -0.3 is 9.30 Å². The molecule has 2 heterocycles. The van der Waals surface area contributed by atoms with E-state index in [9.17, 15) is 4.79 Å². The first kappa shape index (κ1) is 19.3. The van der Waals surface area contributed by atoms with E-state index in [0.29, 0.717) is 16.8 Å². The van der Waals surface area contributed by atoms with Gasteiger partial charge in [0.05, 0.1) is 5.75 Å². The van der Waals surface area contributed by atoms with Gasteiger partial charge in [0.1, 0.15) is 10.8 Å². The van der Waals surface area contributed by atoms with Crippen LogP contribution in [-0.4, -0.2) is 36.6 Å². The topological polar surface area (TPSA) is 94.8 Å². The molecule has 1 atom stereocenters. The fraction of sp³-hybridized carbons (Fsp3) is 0.353. The lowest BCUT2D eigenvalue weighted by Crippen LogP contribution is -2.15. The number of nitrogens with zero attached hydrogens (tertiary/aromatic N) is 5. The highest BCUT2D eigenvalue weighted by Crippen LogP contribution is 2.24. The van der Waals surface area contributed by atoms with Gasteiger partial charge in [-0.15, -0.1) is 20.4 Å². The van der Waals surface area contributed by atoms with Crippen LogP contribution in [0.15, 0.2) is 35.5 Å². The van der Waals surface area contributed by atoms with E-state index in [-0.39, 0.29) is 17.8 Å². The van der Waals surface area contributed by atoms with E-state index in [1.54, 1.807) is 0 Å². The van der Waals surface area contributed by atoms with Crippen molar-refractivity contribution in [3.8, 4) is 5.75 Å². The quantitative estimate of drug-likeness (QED) is 0.575. The van der Waals surface area contributed by atoms with Crippen molar-refractivity contribution in [2.75, 3.05) is 11.1 Å². The van der Waals surface area contributed by atoms with E-state index in [1.165, 1.54) is 23.1 Å². The molecule has 0 radical (unpaired) electrons. The smallest absolute Gasteiger partial charge is 0.236 e. The summed E-state index contributed by atoms with van der Waals surface area (Å²) in [6.07, 6.45) is -0.257. The van der Waals surface area contributed by atoms with Gasteiger partial charge in [0, 0.05) is 6.54 Å². The first-order valence-corrected chi connectivity index (χ1v) is 10.2. The number of ether oxygens (including phenoxy) is 1. The van der Waals surface area contributed by atoms with Crippen LogP contribution >= 0.6 is 23.1 Å². The molecule has 0 aliphatic carbocycles. The van der Waals surface area contributed by atoms with Crippen molar-refractivity contribution in [1.29, 1.82) is 0 Å². The number of nitrogens with one attached hydrogen (secondary N) is 1. The van der Waals surface area contributed by atoms with Crippen LogP contribution in [0.4, 0.5) is 5.13 Å². The zero-order valence-corrected chi connectivity index (χ0v) is 16.9. The van der Waals surface area contributed by atoms with Crippen molar-refractivity contribution >= 4 is 34.1 Å². The van der Waals surface area contributed by atoms with Crippen LogP contribution in [0.1, 0.15) is 30.8 Å². The average molecular weight is 405 g/mol. The molecule has 8 nitrogen and oxygen atoms in total. The molecule has 1 amide bonds. The zero-order valence-electron chi connectivity index (χ0n) is 15.2. The number of carbonyl (C=O) groups excluding carboxylic acids is 1. The van der Waals surface area contributed by atoms with Crippen LogP contribution in [0.3, 0.4) is 0 Å². The molecule has 0 bridgehead atoms. The second-order valence-electron chi connectivity index (χ2n) is 5.62. The molecule has 1 aromatic carbocycles. The molecule has 0 spiro atoms. The van der Waals surface area contributed by atoms with E-state index in [2.05, 4.69) is 25.7 Å². The number of para-hydroxylation sites is 1. The SMILES string of the molecule is CCn1c(SCC(=O)Nc2nnc(C)s2)nnc1C(C)Oc1ccccc1. The largest absolute Gasteiger partial charge is 0.483 e. The standard InChI is InChI=1S/C17H20N6O2S2/c1-4-23-15(11(2)25-13-8-6-5-7-9-13)20-22-17(23)26-10-14(24)18-16-21-19-12(3)27-16/h5-9,11H,4,10H2,1-3H3,(H,18,21,24). The Morgan fingerprint density at radius 1 is 1.26 bits per heavy atom. The number of hydrogen-bond donors (Lipinski definition) is 1. The van der Waals surface area contributed by atoms with Crippen molar-refractivity contribution in [2.45, 2.75) is 38.6 Å². The fourth-order valence-corrected chi connectivity index (χ4v) is 3.81. The lowest BCUT2D eigenvalue weighted by Gasteiger charge is -2.15. The molecule has 142 valence electrons. The van der Waals surface area contributed by atoms with E-state index in [0.717, 1.165) is 16.6 Å². The van der Waals surface area contributed by atoms with Crippen LogP contribution in [0, 0.1) is 6.92 Å². The monoisotopic (exact) mass is 404 g/mol. The van der Waals surface area contributed by atoms with Gasteiger partial charge in [0.15, 0.2) is 17.1 Å². The van der Waals surface area contributed by atoms with Crippen LogP contribution in [0.2, 0.25) is 0 Å². The maximum Gasteiger partial charge on any atom is 0.236 e. The third-order valence-electron chi connectivity index (χ3n) is 3.59. The molecule has 2 aromatic heterocycles. The summed E-state index contributed by atoms with van der Waals surface area (Å²) in [6, 6.07) is 9.59. The van der Waals surface area contributed by atoms with Crippen molar-refractivity contribution < 1.29 is 9.53 Å². The Hall–Kier alpha value is -2.46. The van der Waals surface area contributed by atoms with E-state index in [1.807, 2.05) is 55.7 Å². The molecule has 3 rings (SSSR count). The minimum atomic E-state index is -0.257. The minimum Gasteiger partial charge on any atom is -0.483 e. The molecule has 0 fully saturated rings. The lowest BCUT2D eigenvalue weighted by molar-refractivity contribution is -0.113. The molecule has 0 saturated heterocycles. The maximum atomic E-state index is 12.1. The van der Waals surface area contributed by atoms with E-state index in [4.69, 9.17) is 4.74 Å². The normalized spacial score (nSPS) is 12.0. The van der Waals surface area contributed by atoms with E-state index < -0.39 is 0 Å². The number of amides is 1. The molecule has 0 aliphatic heterocycles. The molecule has 0 aliphatic rings. The Balaban J connectivity index is 1.62. The highest BCUT2D eigenvalue weighted by atomic mass is 32.2. The summed E-state index contributed by atoms with van der Waals surface area (Å²) >= 11 is 2.67. The Bertz CT molecular complexity index is 896. The zero-order chi connectivity index (χ0) is 19.2. The number of hydrogen-bond acceptors (Lipinski definition) is 8. The predicted molar refractivity (Wildman–Crippen MR) is 105 cm³/mol. The van der Waals surface area contributed by atoms with Crippen LogP contribution in [0.5, 0.6) is 5.75 Å². The lowest BCUT2D eigenvalue weighted by atomic mass is 10.3. The third kappa shape index (κ3) is 5.04. The fourth-order valence-electron chi connectivity index (χ4n) is 2.39. The molecular formula is C17H20N6O2S2. The number of benzene rings is 1. The van der Waals surface area contributed by atoms with Gasteiger partial charge in [0.25, 0.3) is 0 Å². The summed E-state index contributed by atoms with van der Waals surface area (Å²) in [4.78, 5) is 12.1. The maximum absolute atomic E-state index is 12.1. The average Bonchev–Trinajstić information content (AvgIpc) is 3.26.